The zero-order valence-corrected chi connectivity index (χ0v) is 20.0. The van der Waals surface area contributed by atoms with E-state index in [1.807, 2.05) is 13.8 Å². The van der Waals surface area contributed by atoms with Gasteiger partial charge >= 0.3 is 6.09 Å². The van der Waals surface area contributed by atoms with E-state index in [1.165, 1.54) is 10.8 Å². The Labute approximate surface area is 192 Å². The summed E-state index contributed by atoms with van der Waals surface area (Å²) < 4.78 is 12.9. The molecule has 8 heteroatoms. The Hall–Kier alpha value is -3.42. The lowest BCUT2D eigenvalue weighted by molar-refractivity contribution is 0.0479. The number of alkyl carbamates (subject to hydrolysis) is 1. The van der Waals surface area contributed by atoms with Crippen molar-refractivity contribution >= 4 is 34.1 Å². The maximum Gasteiger partial charge on any atom is 0.407 e. The first-order valence-corrected chi connectivity index (χ1v) is 11.0. The molecule has 1 amide bonds. The molecular formula is C25H31N3O5. The van der Waals surface area contributed by atoms with Crippen LogP contribution in [0.1, 0.15) is 51.4 Å². The fraction of sp³-hybridized carbons (Fsp3) is 0.440. The smallest absolute Gasteiger partial charge is 0.407 e. The van der Waals surface area contributed by atoms with E-state index in [9.17, 15) is 14.4 Å². The Morgan fingerprint density at radius 3 is 2.58 bits per heavy atom. The van der Waals surface area contributed by atoms with Crippen molar-refractivity contribution < 1.29 is 19.1 Å². The first-order chi connectivity index (χ1) is 15.5. The third-order valence-electron chi connectivity index (χ3n) is 5.18. The maximum absolute atomic E-state index is 12.8. The fourth-order valence-electron chi connectivity index (χ4n) is 3.79. The third-order valence-corrected chi connectivity index (χ3v) is 5.18. The minimum atomic E-state index is -0.612. The molecule has 0 aliphatic carbocycles. The van der Waals surface area contributed by atoms with Crippen LogP contribution in [0.3, 0.4) is 0 Å². The van der Waals surface area contributed by atoms with Crippen molar-refractivity contribution in [3.8, 4) is 5.75 Å². The van der Waals surface area contributed by atoms with E-state index < -0.39 is 11.7 Å². The number of benzene rings is 1. The van der Waals surface area contributed by atoms with Gasteiger partial charge in [-0.2, -0.15) is 0 Å². The Morgan fingerprint density at radius 1 is 1.21 bits per heavy atom. The number of ether oxygens (including phenoxy) is 2. The average Bonchev–Trinajstić information content (AvgIpc) is 2.73. The number of rotatable bonds is 7. The van der Waals surface area contributed by atoms with Gasteiger partial charge in [0.1, 0.15) is 18.0 Å². The molecule has 2 aromatic heterocycles. The SMILES string of the molecule is CC(C)C[C@@H](COc1cc2c(cc1C=O)c1ccncc1c(=O)n2C)NC(=O)OC(C)(C)C. The third kappa shape index (κ3) is 5.69. The molecule has 2 heterocycles. The number of amides is 1. The summed E-state index contributed by atoms with van der Waals surface area (Å²) in [7, 11) is 1.67. The van der Waals surface area contributed by atoms with Crippen molar-refractivity contribution in [2.75, 3.05) is 6.61 Å². The van der Waals surface area contributed by atoms with Crippen LogP contribution in [0.2, 0.25) is 0 Å². The molecule has 0 aliphatic rings. The summed E-state index contributed by atoms with van der Waals surface area (Å²) >= 11 is 0. The summed E-state index contributed by atoms with van der Waals surface area (Å²) in [6.45, 7) is 9.65. The molecule has 1 atom stereocenters. The largest absolute Gasteiger partial charge is 0.491 e. The lowest BCUT2D eigenvalue weighted by Crippen LogP contribution is -2.42. The lowest BCUT2D eigenvalue weighted by Gasteiger charge is -2.25. The predicted octanol–water partition coefficient (Wildman–Crippen LogP) is 4.22. The Bertz CT molecular complexity index is 1240. The molecule has 1 N–H and O–H groups in total. The Morgan fingerprint density at radius 2 is 1.94 bits per heavy atom. The Kier molecular flexibility index (Phi) is 7.05. The molecule has 1 aromatic carbocycles. The van der Waals surface area contributed by atoms with Crippen molar-refractivity contribution in [3.05, 3.63) is 46.5 Å². The molecule has 3 rings (SSSR count). The van der Waals surface area contributed by atoms with Gasteiger partial charge in [-0.15, -0.1) is 0 Å². The topological polar surface area (TPSA) is 99.5 Å². The van der Waals surface area contributed by atoms with Crippen LogP contribution in [-0.4, -0.2) is 40.2 Å². The standard InChI is InChI=1S/C25H31N3O5/c1-15(2)9-17(27-24(31)33-25(3,4)5)14-32-22-11-21-19(10-16(22)13-29)18-7-8-26-12-20(18)23(30)28(21)6/h7-8,10-13,15,17H,9,14H2,1-6H3,(H,27,31)/t17-/m0/s1. The van der Waals surface area contributed by atoms with E-state index in [4.69, 9.17) is 9.47 Å². The van der Waals surface area contributed by atoms with Gasteiger partial charge in [0, 0.05) is 30.9 Å². The van der Waals surface area contributed by atoms with Crippen molar-refractivity contribution in [3.63, 3.8) is 0 Å². The molecule has 33 heavy (non-hydrogen) atoms. The predicted molar refractivity (Wildman–Crippen MR) is 128 cm³/mol. The second-order valence-corrected chi connectivity index (χ2v) is 9.59. The number of carbonyl (C=O) groups is 2. The number of fused-ring (bicyclic) bond motifs is 3. The average molecular weight is 454 g/mol. The van der Waals surface area contributed by atoms with Gasteiger partial charge in [-0.25, -0.2) is 4.79 Å². The second-order valence-electron chi connectivity index (χ2n) is 9.59. The van der Waals surface area contributed by atoms with Crippen LogP contribution in [0.15, 0.2) is 35.4 Å². The number of carbonyl (C=O) groups excluding carboxylic acids is 2. The Balaban J connectivity index is 1.94. The summed E-state index contributed by atoms with van der Waals surface area (Å²) in [5, 5.41) is 4.82. The van der Waals surface area contributed by atoms with Gasteiger partial charge in [0.25, 0.3) is 5.56 Å². The molecule has 0 fully saturated rings. The number of aromatic nitrogens is 2. The zero-order valence-electron chi connectivity index (χ0n) is 20.0. The van der Waals surface area contributed by atoms with E-state index in [0.29, 0.717) is 34.6 Å². The molecular weight excluding hydrogens is 422 g/mol. The van der Waals surface area contributed by atoms with E-state index in [0.717, 1.165) is 17.1 Å². The van der Waals surface area contributed by atoms with Crippen molar-refractivity contribution in [2.45, 2.75) is 52.7 Å². The highest BCUT2D eigenvalue weighted by atomic mass is 16.6. The minimum absolute atomic E-state index is 0.148. The van der Waals surface area contributed by atoms with Gasteiger partial charge in [-0.1, -0.05) is 13.8 Å². The molecule has 0 bridgehead atoms. The van der Waals surface area contributed by atoms with Crippen LogP contribution in [0.4, 0.5) is 4.79 Å². The molecule has 0 radical (unpaired) electrons. The monoisotopic (exact) mass is 453 g/mol. The van der Waals surface area contributed by atoms with Crippen LogP contribution < -0.4 is 15.6 Å². The van der Waals surface area contributed by atoms with E-state index in [1.54, 1.807) is 52.2 Å². The number of pyridine rings is 2. The normalized spacial score (nSPS) is 12.7. The second kappa shape index (κ2) is 9.60. The number of aldehydes is 1. The molecule has 0 unspecified atom stereocenters. The molecule has 3 aromatic rings. The summed E-state index contributed by atoms with van der Waals surface area (Å²) in [6.07, 6.45) is 4.02. The van der Waals surface area contributed by atoms with Crippen molar-refractivity contribution in [2.24, 2.45) is 13.0 Å². The minimum Gasteiger partial charge on any atom is -0.491 e. The lowest BCUT2D eigenvalue weighted by atomic mass is 10.0. The number of hydrogen-bond acceptors (Lipinski definition) is 6. The van der Waals surface area contributed by atoms with Crippen LogP contribution in [0.5, 0.6) is 5.75 Å². The van der Waals surface area contributed by atoms with Crippen LogP contribution in [0, 0.1) is 5.92 Å². The molecule has 8 nitrogen and oxygen atoms in total. The zero-order chi connectivity index (χ0) is 24.3. The highest BCUT2D eigenvalue weighted by Crippen LogP contribution is 2.29. The van der Waals surface area contributed by atoms with Crippen molar-refractivity contribution in [1.29, 1.82) is 0 Å². The highest BCUT2D eigenvalue weighted by molar-refractivity contribution is 6.07. The van der Waals surface area contributed by atoms with Crippen molar-refractivity contribution in [1.82, 2.24) is 14.9 Å². The molecule has 0 aliphatic heterocycles. The highest BCUT2D eigenvalue weighted by Gasteiger charge is 2.21. The first kappa shape index (κ1) is 24.2. The maximum atomic E-state index is 12.8. The summed E-state index contributed by atoms with van der Waals surface area (Å²) in [5.41, 5.74) is 0.207. The summed E-state index contributed by atoms with van der Waals surface area (Å²) in [5.74, 6) is 0.650. The van der Waals surface area contributed by atoms with Gasteiger partial charge in [-0.05, 0) is 50.6 Å². The summed E-state index contributed by atoms with van der Waals surface area (Å²) in [6, 6.07) is 4.86. The van der Waals surface area contributed by atoms with Crippen LogP contribution in [-0.2, 0) is 11.8 Å². The number of nitrogens with zero attached hydrogens (tertiary/aromatic N) is 2. The molecule has 0 spiro atoms. The van der Waals surface area contributed by atoms with Gasteiger partial charge in [0.15, 0.2) is 6.29 Å². The fourth-order valence-corrected chi connectivity index (χ4v) is 3.79. The summed E-state index contributed by atoms with van der Waals surface area (Å²) in [4.78, 5) is 41.0. The van der Waals surface area contributed by atoms with Gasteiger partial charge in [0.2, 0.25) is 0 Å². The van der Waals surface area contributed by atoms with E-state index in [2.05, 4.69) is 10.3 Å². The number of aryl methyl sites for hydroxylation is 1. The molecule has 0 saturated carbocycles. The van der Waals surface area contributed by atoms with Crippen LogP contribution in [0.25, 0.3) is 21.7 Å². The van der Waals surface area contributed by atoms with Gasteiger partial charge < -0.3 is 19.4 Å². The van der Waals surface area contributed by atoms with Crippen LogP contribution >= 0.6 is 0 Å². The number of hydrogen-bond donors (Lipinski definition) is 1. The molecule has 176 valence electrons. The van der Waals surface area contributed by atoms with E-state index >= 15 is 0 Å². The quantitative estimate of drug-likeness (QED) is 0.425. The van der Waals surface area contributed by atoms with Gasteiger partial charge in [-0.3, -0.25) is 14.6 Å². The molecule has 0 saturated heterocycles. The van der Waals surface area contributed by atoms with E-state index in [-0.39, 0.29) is 18.2 Å². The van der Waals surface area contributed by atoms with Gasteiger partial charge in [0.05, 0.1) is 22.5 Å². The first-order valence-electron chi connectivity index (χ1n) is 11.0. The number of nitrogens with one attached hydrogen (secondary N) is 1.